The molecule has 2 heterocycles. The summed E-state index contributed by atoms with van der Waals surface area (Å²) in [7, 11) is 0. The number of carboxylic acids is 2. The first-order chi connectivity index (χ1) is 19.2. The topological polar surface area (TPSA) is 239 Å². The van der Waals surface area contributed by atoms with E-state index in [4.69, 9.17) is 18.9 Å². The Kier molecular flexibility index (Phi) is 13.5. The maximum absolute atomic E-state index is 11.2. The van der Waals surface area contributed by atoms with Crippen molar-refractivity contribution < 1.29 is 129 Å². The fourth-order valence-electron chi connectivity index (χ4n) is 4.62. The minimum atomic E-state index is -1.90. The largest absolute Gasteiger partial charge is 1.00 e. The predicted octanol–water partition coefficient (Wildman–Crippen LogP) is -10.1. The molecule has 0 bridgehead atoms. The third-order valence-electron chi connectivity index (χ3n) is 7.26. The van der Waals surface area contributed by atoms with E-state index in [9.17, 15) is 50.4 Å². The third-order valence-corrected chi connectivity index (χ3v) is 7.26. The summed E-state index contributed by atoms with van der Waals surface area (Å²) >= 11 is 0. The Morgan fingerprint density at radius 2 is 0.907 bits per heavy atom. The van der Waals surface area contributed by atoms with Gasteiger partial charge >= 0.3 is 59.1 Å². The smallest absolute Gasteiger partial charge is 0.547 e. The second kappa shape index (κ2) is 15.3. The summed E-state index contributed by atoms with van der Waals surface area (Å²) in [5, 5.41) is 82.1. The zero-order valence-corrected chi connectivity index (χ0v) is 27.8. The zero-order valence-electron chi connectivity index (χ0n) is 23.8. The van der Waals surface area contributed by atoms with Crippen LogP contribution < -0.4 is 78.8 Å². The molecule has 2 aliphatic rings. The molecule has 0 radical (unpaired) electrons. The van der Waals surface area contributed by atoms with Crippen LogP contribution in [0.4, 0.5) is 0 Å². The predicted molar refractivity (Wildman–Crippen MR) is 130 cm³/mol. The Morgan fingerprint density at radius 1 is 0.605 bits per heavy atom. The second-order valence-corrected chi connectivity index (χ2v) is 10.3. The van der Waals surface area contributed by atoms with Gasteiger partial charge in [-0.3, -0.25) is 0 Å². The number of aliphatic carboxylic acids is 2. The van der Waals surface area contributed by atoms with Gasteiger partial charge < -0.3 is 69.4 Å². The van der Waals surface area contributed by atoms with E-state index in [2.05, 4.69) is 0 Å². The molecular weight excluding hydrogens is 606 g/mol. The van der Waals surface area contributed by atoms with E-state index in [0.717, 1.165) is 11.1 Å². The second-order valence-electron chi connectivity index (χ2n) is 10.3. The van der Waals surface area contributed by atoms with Crippen LogP contribution in [0.5, 0.6) is 11.5 Å². The van der Waals surface area contributed by atoms with Crippen molar-refractivity contribution in [1.29, 1.82) is 0 Å². The number of ether oxygens (including phenoxy) is 4. The molecule has 2 unspecified atom stereocenters. The van der Waals surface area contributed by atoms with E-state index < -0.39 is 78.8 Å². The normalized spacial score (nSPS) is 32.5. The minimum absolute atomic E-state index is 0. The van der Waals surface area contributed by atoms with Gasteiger partial charge in [0.1, 0.15) is 60.3 Å². The van der Waals surface area contributed by atoms with E-state index in [0.29, 0.717) is 0 Å². The minimum Gasteiger partial charge on any atom is -0.547 e. The molecule has 6 N–H and O–H groups in total. The van der Waals surface area contributed by atoms with E-state index in [1.165, 1.54) is 0 Å². The molecule has 2 aliphatic heterocycles. The van der Waals surface area contributed by atoms with Gasteiger partial charge in [0.15, 0.2) is 0 Å². The number of aliphatic hydroxyl groups excluding tert-OH is 6. The summed E-state index contributed by atoms with van der Waals surface area (Å²) in [6.07, 6.45) is -17.9. The van der Waals surface area contributed by atoms with Gasteiger partial charge in [0, 0.05) is 5.41 Å². The number of benzene rings is 2. The number of hydrogen-bond acceptors (Lipinski definition) is 14. The quantitative estimate of drug-likeness (QED) is 0.148. The SMILES string of the molecule is CC(C)([13c]1[13cH][13cH][13c](O[C@@H]2O[C@H](C(=O)[O-])[C@@H](O)C(O)C2O)[13cH][13cH]1)[13c]1[13cH][13cH][13c](O[C@@H]2O[C@H](C(=O)[O-])[C@@H](O)[C@H](O)[C@H]2O)[13cH][13cH]1.[Na+].[Na+]. The number of carbonyl (C=O) groups excluding carboxylic acids is 2. The number of rotatable bonds is 8. The molecule has 0 amide bonds. The molecular formula is C27H30Na2O14. The maximum Gasteiger partial charge on any atom is 1.00 e. The van der Waals surface area contributed by atoms with Gasteiger partial charge in [-0.1, -0.05) is 38.1 Å². The summed E-state index contributed by atoms with van der Waals surface area (Å²) < 4.78 is 21.2. The van der Waals surface area contributed by atoms with Crippen LogP contribution in [0.2, 0.25) is 0 Å². The van der Waals surface area contributed by atoms with Gasteiger partial charge in [-0.15, -0.1) is 0 Å². The molecule has 10 atom stereocenters. The first-order valence-electron chi connectivity index (χ1n) is 12.6. The number of carbonyl (C=O) groups is 2. The summed E-state index contributed by atoms with van der Waals surface area (Å²) in [6.45, 7) is 3.84. The molecule has 2 saturated heterocycles. The number of hydrogen-bond donors (Lipinski definition) is 6. The molecule has 4 rings (SSSR count). The molecule has 2 aromatic rings. The first kappa shape index (κ1) is 37.8. The standard InChI is InChI=1S/C27H32O14.2Na/c1-27(2,11-3-7-13(8-4-11)38-25-19(32)15(28)17(30)21(40-25)23(34)35)12-5-9-14(10-6-12)39-26-20(33)16(29)18(31)22(41-26)24(36)37;;/h3-10,15-22,25-26,28-33H,1-2H3,(H,34,35)(H,36,37);;/q;2*+1/p-2/t15-,16?,17-,18-,19+,20?,21-,22-,25+,26+;;/m0../s1/i3+1,4+1,5+1,6+1,7+1,8+1,9+1,10+1,11+1,12+1,13+1,14+1;;. The summed E-state index contributed by atoms with van der Waals surface area (Å²) in [5.74, 6) is -3.17. The third kappa shape index (κ3) is 8.09. The average Bonchev–Trinajstić information content (AvgIpc) is 2.93. The summed E-state index contributed by atoms with van der Waals surface area (Å²) in [6, 6.07) is 13.1. The molecule has 14 nitrogen and oxygen atoms in total. The molecule has 16 heteroatoms. The van der Waals surface area contributed by atoms with Crippen LogP contribution >= 0.6 is 0 Å². The molecule has 0 spiro atoms. The Balaban J connectivity index is 0.00000323. The van der Waals surface area contributed by atoms with E-state index in [1.807, 2.05) is 13.8 Å². The summed E-state index contributed by atoms with van der Waals surface area (Å²) in [5.41, 5.74) is 1.04. The van der Waals surface area contributed by atoms with E-state index in [1.54, 1.807) is 48.5 Å². The average molecular weight is 636 g/mol. The van der Waals surface area contributed by atoms with Crippen LogP contribution in [0, 0.1) is 0 Å². The van der Waals surface area contributed by atoms with Gasteiger partial charge in [-0.25, -0.2) is 0 Å². The Labute approximate surface area is 290 Å². The van der Waals surface area contributed by atoms with Gasteiger partial charge in [-0.05, 0) is 35.4 Å². The number of aliphatic hydroxyl groups is 6. The number of carboxylic acid groups (broad SMARTS) is 2. The van der Waals surface area contributed by atoms with Crippen molar-refractivity contribution in [2.45, 2.75) is 80.7 Å². The Morgan fingerprint density at radius 3 is 1.19 bits per heavy atom. The van der Waals surface area contributed by atoms with Gasteiger partial charge in [-0.2, -0.15) is 0 Å². The van der Waals surface area contributed by atoms with Crippen molar-refractivity contribution in [2.75, 3.05) is 0 Å². The molecule has 2 aromatic carbocycles. The summed E-state index contributed by atoms with van der Waals surface area (Å²) in [4.78, 5) is 22.4. The molecule has 0 saturated carbocycles. The molecule has 224 valence electrons. The zero-order chi connectivity index (χ0) is 30.2. The van der Waals surface area contributed by atoms with Crippen LogP contribution in [0.3, 0.4) is 0 Å². The Bertz CT molecular complexity index is 1130. The maximum atomic E-state index is 11.2. The van der Waals surface area contributed by atoms with Gasteiger partial charge in [0.05, 0.1) is 11.9 Å². The monoisotopic (exact) mass is 636 g/mol. The van der Waals surface area contributed by atoms with E-state index >= 15 is 0 Å². The fourth-order valence-corrected chi connectivity index (χ4v) is 4.62. The Hall–Kier alpha value is -1.34. The van der Waals surface area contributed by atoms with Crippen molar-refractivity contribution in [3.8, 4) is 11.5 Å². The van der Waals surface area contributed by atoms with Crippen molar-refractivity contribution in [2.24, 2.45) is 0 Å². The van der Waals surface area contributed by atoms with Crippen molar-refractivity contribution >= 4 is 11.9 Å². The van der Waals surface area contributed by atoms with Crippen molar-refractivity contribution in [3.05, 3.63) is 59.7 Å². The molecule has 2 fully saturated rings. The first-order valence-corrected chi connectivity index (χ1v) is 12.6. The van der Waals surface area contributed by atoms with Crippen LogP contribution in [0.1, 0.15) is 25.0 Å². The molecule has 0 aromatic heterocycles. The van der Waals surface area contributed by atoms with Crippen molar-refractivity contribution in [1.82, 2.24) is 0 Å². The fraction of sp³-hybridized carbons (Fsp3) is 0.481. The van der Waals surface area contributed by atoms with Crippen LogP contribution in [-0.2, 0) is 24.5 Å². The van der Waals surface area contributed by atoms with Crippen LogP contribution in [-0.4, -0.2) is 104 Å². The van der Waals surface area contributed by atoms with E-state index in [-0.39, 0.29) is 70.6 Å². The van der Waals surface area contributed by atoms with Crippen LogP contribution in [0.15, 0.2) is 48.5 Å². The van der Waals surface area contributed by atoms with Crippen molar-refractivity contribution in [3.63, 3.8) is 0 Å². The molecule has 0 aliphatic carbocycles. The van der Waals surface area contributed by atoms with Gasteiger partial charge in [0.25, 0.3) is 0 Å². The van der Waals surface area contributed by atoms with Crippen LogP contribution in [0.25, 0.3) is 0 Å². The molecule has 43 heavy (non-hydrogen) atoms. The van der Waals surface area contributed by atoms with Gasteiger partial charge in [0.2, 0.25) is 12.6 Å².